The molecule has 16 heavy (non-hydrogen) atoms. The minimum absolute atomic E-state index is 0.289. The Bertz CT molecular complexity index is 390. The highest BCUT2D eigenvalue weighted by molar-refractivity contribution is 14.1. The number of nitrogens with zero attached hydrogens (tertiary/aromatic N) is 1. The quantitative estimate of drug-likeness (QED) is 0.430. The maximum atomic E-state index is 11.6. The second-order valence-corrected chi connectivity index (χ2v) is 6.24. The molecule has 0 spiro atoms. The predicted molar refractivity (Wildman–Crippen MR) is 76.1 cm³/mol. The number of benzene rings is 1. The van der Waals surface area contributed by atoms with E-state index in [0.29, 0.717) is 0 Å². The molecule has 0 saturated heterocycles. The molecule has 0 saturated carbocycles. The van der Waals surface area contributed by atoms with E-state index in [-0.39, 0.29) is 5.97 Å². The van der Waals surface area contributed by atoms with E-state index in [2.05, 4.69) is 38.7 Å². The largest absolute Gasteiger partial charge is 0.338 e. The molecule has 0 N–H and O–H groups in total. The third kappa shape index (κ3) is 3.93. The molecular formula is C11H13BrINO2. The van der Waals surface area contributed by atoms with Crippen LogP contribution in [0, 0.1) is 8.99 Å². The van der Waals surface area contributed by atoms with Crippen molar-refractivity contribution < 1.29 is 9.63 Å². The summed E-state index contributed by atoms with van der Waals surface area (Å²) in [5.74, 6) is -0.289. The average Bonchev–Trinajstić information content (AvgIpc) is 2.16. The molecule has 0 radical (unpaired) electrons. The molecule has 0 unspecified atom stereocenters. The second-order valence-electron chi connectivity index (χ2n) is 4.35. The monoisotopic (exact) mass is 397 g/mol. The normalized spacial score (nSPS) is 11.1. The van der Waals surface area contributed by atoms with Gasteiger partial charge in [0, 0.05) is 3.57 Å². The van der Waals surface area contributed by atoms with E-state index in [1.54, 1.807) is 0 Å². The summed E-state index contributed by atoms with van der Waals surface area (Å²) in [6, 6.07) is 7.63. The van der Waals surface area contributed by atoms with Crippen LogP contribution in [-0.2, 0) is 9.63 Å². The van der Waals surface area contributed by atoms with Gasteiger partial charge in [0.1, 0.15) is 0 Å². The number of hydrogen-bond donors (Lipinski definition) is 0. The summed E-state index contributed by atoms with van der Waals surface area (Å²) in [6.45, 7) is 5.43. The van der Waals surface area contributed by atoms with Crippen molar-refractivity contribution in [2.24, 2.45) is 5.41 Å². The molecule has 0 fully saturated rings. The van der Waals surface area contributed by atoms with Gasteiger partial charge in [-0.3, -0.25) is 0 Å². The van der Waals surface area contributed by atoms with Gasteiger partial charge in [-0.15, -0.1) is 4.09 Å². The fraction of sp³-hybridized carbons (Fsp3) is 0.364. The Hall–Kier alpha value is -0.300. The summed E-state index contributed by atoms with van der Waals surface area (Å²) in [4.78, 5) is 16.8. The predicted octanol–water partition coefficient (Wildman–Crippen LogP) is 3.91. The molecule has 0 aliphatic carbocycles. The molecule has 0 bridgehead atoms. The molecule has 1 aromatic carbocycles. The lowest BCUT2D eigenvalue weighted by molar-refractivity contribution is -0.151. The molecule has 1 rings (SSSR count). The zero-order chi connectivity index (χ0) is 12.3. The molecule has 3 nitrogen and oxygen atoms in total. The number of hydrogen-bond acceptors (Lipinski definition) is 3. The lowest BCUT2D eigenvalue weighted by Crippen LogP contribution is -2.28. The molecule has 1 aromatic rings. The Labute approximate surface area is 118 Å². The van der Waals surface area contributed by atoms with Crippen LogP contribution in [0.3, 0.4) is 0 Å². The fourth-order valence-electron chi connectivity index (χ4n) is 0.848. The second kappa shape index (κ2) is 5.35. The molecule has 0 atom stereocenters. The number of anilines is 1. The lowest BCUT2D eigenvalue weighted by atomic mass is 9.98. The third-order valence-corrected chi connectivity index (χ3v) is 3.01. The van der Waals surface area contributed by atoms with E-state index >= 15 is 0 Å². The molecular weight excluding hydrogens is 385 g/mol. The summed E-state index contributed by atoms with van der Waals surface area (Å²) < 4.78 is 2.38. The van der Waals surface area contributed by atoms with Gasteiger partial charge in [-0.25, -0.2) is 4.79 Å². The van der Waals surface area contributed by atoms with Gasteiger partial charge in [0.2, 0.25) is 0 Å². The Morgan fingerprint density at radius 1 is 1.44 bits per heavy atom. The van der Waals surface area contributed by atoms with Crippen LogP contribution >= 0.6 is 38.7 Å². The van der Waals surface area contributed by atoms with Crippen LogP contribution < -0.4 is 4.09 Å². The van der Waals surface area contributed by atoms with Crippen molar-refractivity contribution in [1.29, 1.82) is 0 Å². The van der Waals surface area contributed by atoms with Crippen molar-refractivity contribution >= 4 is 50.4 Å². The summed E-state index contributed by atoms with van der Waals surface area (Å²) in [6.07, 6.45) is 0. The zero-order valence-corrected chi connectivity index (χ0v) is 13.1. The number of rotatable bonds is 2. The van der Waals surface area contributed by atoms with Gasteiger partial charge in [0.25, 0.3) is 0 Å². The average molecular weight is 398 g/mol. The van der Waals surface area contributed by atoms with Crippen molar-refractivity contribution in [3.05, 3.63) is 27.8 Å². The first-order chi connectivity index (χ1) is 7.30. The van der Waals surface area contributed by atoms with Gasteiger partial charge in [0.15, 0.2) is 0 Å². The Kier molecular flexibility index (Phi) is 4.61. The Morgan fingerprint density at radius 2 is 2.06 bits per heavy atom. The Morgan fingerprint density at radius 3 is 2.56 bits per heavy atom. The standard InChI is InChI=1S/C11H13BrINO2/c1-11(2,3)10(15)16-14(12)9-6-4-5-8(13)7-9/h4-7H,1-3H3. The van der Waals surface area contributed by atoms with Crippen molar-refractivity contribution in [3.8, 4) is 0 Å². The molecule has 88 valence electrons. The van der Waals surface area contributed by atoms with E-state index < -0.39 is 5.41 Å². The topological polar surface area (TPSA) is 29.5 Å². The summed E-state index contributed by atoms with van der Waals surface area (Å²) in [5, 5.41) is 0. The van der Waals surface area contributed by atoms with Gasteiger partial charge < -0.3 is 4.84 Å². The SMILES string of the molecule is CC(C)(C)C(=O)ON(Br)c1cccc(I)c1. The van der Waals surface area contributed by atoms with Crippen molar-refractivity contribution in [2.45, 2.75) is 20.8 Å². The highest BCUT2D eigenvalue weighted by Crippen LogP contribution is 2.24. The van der Waals surface area contributed by atoms with Crippen LogP contribution in [0.2, 0.25) is 0 Å². The minimum atomic E-state index is -0.520. The molecule has 0 aromatic heterocycles. The van der Waals surface area contributed by atoms with E-state index in [4.69, 9.17) is 4.84 Å². The van der Waals surface area contributed by atoms with Gasteiger partial charge in [-0.1, -0.05) is 6.07 Å². The number of halogens is 2. The first-order valence-electron chi connectivity index (χ1n) is 4.74. The van der Waals surface area contributed by atoms with Crippen LogP contribution in [0.15, 0.2) is 24.3 Å². The maximum absolute atomic E-state index is 11.6. The molecule has 5 heteroatoms. The molecule has 0 amide bonds. The van der Waals surface area contributed by atoms with E-state index in [1.165, 1.54) is 4.09 Å². The maximum Gasteiger partial charge on any atom is 0.338 e. The van der Waals surface area contributed by atoms with Crippen LogP contribution in [0.25, 0.3) is 0 Å². The van der Waals surface area contributed by atoms with Crippen LogP contribution in [0.5, 0.6) is 0 Å². The van der Waals surface area contributed by atoms with Crippen LogP contribution in [0.4, 0.5) is 5.69 Å². The summed E-state index contributed by atoms with van der Waals surface area (Å²) >= 11 is 5.40. The van der Waals surface area contributed by atoms with Crippen LogP contribution in [-0.4, -0.2) is 5.97 Å². The number of carbonyl (C=O) groups is 1. The lowest BCUT2D eigenvalue weighted by Gasteiger charge is -2.21. The summed E-state index contributed by atoms with van der Waals surface area (Å²) in [5.41, 5.74) is 0.262. The minimum Gasteiger partial charge on any atom is -0.329 e. The third-order valence-electron chi connectivity index (χ3n) is 1.79. The van der Waals surface area contributed by atoms with E-state index in [1.807, 2.05) is 45.0 Å². The van der Waals surface area contributed by atoms with Gasteiger partial charge >= 0.3 is 5.97 Å². The fourth-order valence-corrected chi connectivity index (χ4v) is 1.73. The van der Waals surface area contributed by atoms with Crippen molar-refractivity contribution in [2.75, 3.05) is 4.09 Å². The smallest absolute Gasteiger partial charge is 0.329 e. The Balaban J connectivity index is 2.73. The molecule has 0 heterocycles. The van der Waals surface area contributed by atoms with E-state index in [0.717, 1.165) is 9.26 Å². The first kappa shape index (κ1) is 13.8. The first-order valence-corrected chi connectivity index (χ1v) is 6.53. The number of carbonyl (C=O) groups excluding carboxylic acids is 1. The highest BCUT2D eigenvalue weighted by Gasteiger charge is 2.25. The van der Waals surface area contributed by atoms with Gasteiger partial charge in [-0.2, -0.15) is 0 Å². The zero-order valence-electron chi connectivity index (χ0n) is 9.33. The summed E-state index contributed by atoms with van der Waals surface area (Å²) in [7, 11) is 0. The van der Waals surface area contributed by atoms with Gasteiger partial charge in [0.05, 0.1) is 27.2 Å². The van der Waals surface area contributed by atoms with E-state index in [9.17, 15) is 4.79 Å². The van der Waals surface area contributed by atoms with Crippen molar-refractivity contribution in [1.82, 2.24) is 0 Å². The molecule has 0 aliphatic heterocycles. The highest BCUT2D eigenvalue weighted by atomic mass is 127. The van der Waals surface area contributed by atoms with Gasteiger partial charge in [-0.05, 0) is 61.6 Å². The molecule has 0 aliphatic rings. The van der Waals surface area contributed by atoms with Crippen molar-refractivity contribution in [3.63, 3.8) is 0 Å². The van der Waals surface area contributed by atoms with Crippen LogP contribution in [0.1, 0.15) is 20.8 Å².